The summed E-state index contributed by atoms with van der Waals surface area (Å²) < 4.78 is 0. The van der Waals surface area contributed by atoms with Gasteiger partial charge >= 0.3 is 0 Å². The molecule has 0 aliphatic carbocycles. The minimum atomic E-state index is -0.147. The quantitative estimate of drug-likeness (QED) is 0.492. The van der Waals surface area contributed by atoms with Gasteiger partial charge in [-0.05, 0) is 60.9 Å². The lowest BCUT2D eigenvalue weighted by Gasteiger charge is -2.27. The molecule has 1 heterocycles. The summed E-state index contributed by atoms with van der Waals surface area (Å²) in [6, 6.07) is 21.1. The zero-order chi connectivity index (χ0) is 22.7. The summed E-state index contributed by atoms with van der Waals surface area (Å²) in [4.78, 5) is 28.7. The second-order valence-electron chi connectivity index (χ2n) is 7.70. The Kier molecular flexibility index (Phi) is 6.68. The van der Waals surface area contributed by atoms with Gasteiger partial charge in [-0.15, -0.1) is 0 Å². The van der Waals surface area contributed by atoms with E-state index in [1.807, 2.05) is 30.3 Å². The predicted octanol–water partition coefficient (Wildman–Crippen LogP) is 5.73. The number of nitrogens with zero attached hydrogens (tertiary/aromatic N) is 1. The maximum Gasteiger partial charge on any atom is 0.264 e. The van der Waals surface area contributed by atoms with E-state index in [2.05, 4.69) is 36.5 Å². The molecule has 32 heavy (non-hydrogen) atoms. The van der Waals surface area contributed by atoms with Crippen LogP contribution in [0.25, 0.3) is 6.08 Å². The summed E-state index contributed by atoms with van der Waals surface area (Å²) in [6.45, 7) is 2.60. The van der Waals surface area contributed by atoms with Crippen LogP contribution in [0.15, 0.2) is 76.5 Å². The van der Waals surface area contributed by atoms with E-state index in [1.165, 1.54) is 22.9 Å². The Labute approximate surface area is 197 Å². The highest BCUT2D eigenvalue weighted by Crippen LogP contribution is 2.42. The first-order chi connectivity index (χ1) is 15.4. The first-order valence-electron chi connectivity index (χ1n) is 10.3. The van der Waals surface area contributed by atoms with Crippen LogP contribution in [0.3, 0.4) is 0 Å². The molecule has 0 aromatic heterocycles. The largest absolute Gasteiger partial charge is 0.352 e. The van der Waals surface area contributed by atoms with Crippen LogP contribution in [-0.4, -0.2) is 25.4 Å². The minimum absolute atomic E-state index is 0.112. The molecule has 2 amide bonds. The van der Waals surface area contributed by atoms with Crippen molar-refractivity contribution in [3.63, 3.8) is 0 Å². The molecule has 0 unspecified atom stereocenters. The van der Waals surface area contributed by atoms with Crippen molar-refractivity contribution in [2.45, 2.75) is 18.2 Å². The number of aryl methyl sites for hydroxylation is 1. The fourth-order valence-corrected chi connectivity index (χ4v) is 4.75. The molecule has 0 spiro atoms. The van der Waals surface area contributed by atoms with Gasteiger partial charge in [0.1, 0.15) is 0 Å². The first-order valence-corrected chi connectivity index (χ1v) is 11.5. The molecule has 0 saturated carbocycles. The van der Waals surface area contributed by atoms with Crippen molar-refractivity contribution in [2.24, 2.45) is 0 Å². The van der Waals surface area contributed by atoms with Crippen LogP contribution in [0.1, 0.15) is 27.0 Å². The highest BCUT2D eigenvalue weighted by molar-refractivity contribution is 8.04. The third-order valence-electron chi connectivity index (χ3n) is 5.28. The van der Waals surface area contributed by atoms with Crippen LogP contribution in [0.4, 0.5) is 5.69 Å². The number of thioether (sulfide) groups is 1. The SMILES string of the molecule is Cc1ccc(CCNC(=O)c2ccc3c(c2)N(C)C(=O)/C(=C/c2cccc(Cl)c2)S3)cc1. The van der Waals surface area contributed by atoms with Gasteiger partial charge in [0.25, 0.3) is 11.8 Å². The molecular formula is C26H23ClN2O2S. The van der Waals surface area contributed by atoms with Crippen LogP contribution < -0.4 is 10.2 Å². The van der Waals surface area contributed by atoms with Gasteiger partial charge in [0, 0.05) is 29.1 Å². The van der Waals surface area contributed by atoms with Crippen molar-refractivity contribution < 1.29 is 9.59 Å². The third-order valence-corrected chi connectivity index (χ3v) is 6.60. The Balaban J connectivity index is 1.46. The second-order valence-corrected chi connectivity index (χ2v) is 9.22. The van der Waals surface area contributed by atoms with Gasteiger partial charge in [-0.2, -0.15) is 0 Å². The molecule has 3 aromatic carbocycles. The number of fused-ring (bicyclic) bond motifs is 1. The Morgan fingerprint density at radius 1 is 1.09 bits per heavy atom. The maximum absolute atomic E-state index is 12.9. The summed E-state index contributed by atoms with van der Waals surface area (Å²) in [6.07, 6.45) is 2.60. The average Bonchev–Trinajstić information content (AvgIpc) is 2.78. The number of halogens is 1. The highest BCUT2D eigenvalue weighted by atomic mass is 35.5. The van der Waals surface area contributed by atoms with Crippen LogP contribution in [-0.2, 0) is 11.2 Å². The van der Waals surface area contributed by atoms with Crippen LogP contribution in [0.2, 0.25) is 5.02 Å². The van der Waals surface area contributed by atoms with Crippen LogP contribution in [0.5, 0.6) is 0 Å². The van der Waals surface area contributed by atoms with Gasteiger partial charge in [0.15, 0.2) is 0 Å². The standard InChI is InChI=1S/C26H23ClN2O2S/c1-17-6-8-18(9-7-17)12-13-28-25(30)20-10-11-23-22(16-20)29(2)26(31)24(32-23)15-19-4-3-5-21(27)14-19/h3-11,14-16H,12-13H2,1-2H3,(H,28,30)/b24-15-. The summed E-state index contributed by atoms with van der Waals surface area (Å²) in [5.74, 6) is -0.259. The van der Waals surface area contributed by atoms with E-state index in [9.17, 15) is 9.59 Å². The number of carbonyl (C=O) groups is 2. The number of hydrogen-bond acceptors (Lipinski definition) is 3. The number of anilines is 1. The monoisotopic (exact) mass is 462 g/mol. The van der Waals surface area contributed by atoms with E-state index in [0.717, 1.165) is 22.6 Å². The van der Waals surface area contributed by atoms with Crippen molar-refractivity contribution >= 4 is 46.9 Å². The molecule has 6 heteroatoms. The van der Waals surface area contributed by atoms with E-state index >= 15 is 0 Å². The third kappa shape index (κ3) is 5.06. The summed E-state index contributed by atoms with van der Waals surface area (Å²) in [7, 11) is 1.73. The predicted molar refractivity (Wildman–Crippen MR) is 132 cm³/mol. The molecule has 0 bridgehead atoms. The highest BCUT2D eigenvalue weighted by Gasteiger charge is 2.27. The van der Waals surface area contributed by atoms with E-state index < -0.39 is 0 Å². The summed E-state index contributed by atoms with van der Waals surface area (Å²) >= 11 is 7.46. The average molecular weight is 463 g/mol. The Morgan fingerprint density at radius 3 is 2.62 bits per heavy atom. The number of hydrogen-bond donors (Lipinski definition) is 1. The van der Waals surface area contributed by atoms with E-state index in [0.29, 0.717) is 22.0 Å². The number of rotatable bonds is 5. The molecule has 0 saturated heterocycles. The molecular weight excluding hydrogens is 440 g/mol. The number of amides is 2. The van der Waals surface area contributed by atoms with Gasteiger partial charge in [0.2, 0.25) is 0 Å². The van der Waals surface area contributed by atoms with Gasteiger partial charge < -0.3 is 10.2 Å². The zero-order valence-corrected chi connectivity index (χ0v) is 19.5. The Bertz CT molecular complexity index is 1200. The number of benzene rings is 3. The molecule has 3 aromatic rings. The van der Waals surface area contributed by atoms with Crippen LogP contribution >= 0.6 is 23.4 Å². The minimum Gasteiger partial charge on any atom is -0.352 e. The molecule has 1 N–H and O–H groups in total. The van der Waals surface area contributed by atoms with Gasteiger partial charge in [-0.25, -0.2) is 0 Å². The van der Waals surface area contributed by atoms with Crippen molar-refractivity contribution in [2.75, 3.05) is 18.5 Å². The molecule has 1 aliphatic rings. The van der Waals surface area contributed by atoms with Crippen molar-refractivity contribution in [1.82, 2.24) is 5.32 Å². The molecule has 0 atom stereocenters. The van der Waals surface area contributed by atoms with Crippen molar-refractivity contribution in [1.29, 1.82) is 0 Å². The number of carbonyl (C=O) groups excluding carboxylic acids is 2. The zero-order valence-electron chi connectivity index (χ0n) is 17.9. The van der Waals surface area contributed by atoms with E-state index in [-0.39, 0.29) is 11.8 Å². The van der Waals surface area contributed by atoms with E-state index in [4.69, 9.17) is 11.6 Å². The summed E-state index contributed by atoms with van der Waals surface area (Å²) in [5, 5.41) is 3.59. The van der Waals surface area contributed by atoms with Crippen molar-refractivity contribution in [3.8, 4) is 0 Å². The smallest absolute Gasteiger partial charge is 0.264 e. The Hall–Kier alpha value is -3.02. The molecule has 4 nitrogen and oxygen atoms in total. The summed E-state index contributed by atoms with van der Waals surface area (Å²) in [5.41, 5.74) is 4.54. The van der Waals surface area contributed by atoms with Crippen LogP contribution in [0, 0.1) is 6.92 Å². The van der Waals surface area contributed by atoms with Gasteiger partial charge in [-0.1, -0.05) is 65.3 Å². The fourth-order valence-electron chi connectivity index (χ4n) is 3.46. The van der Waals surface area contributed by atoms with E-state index in [1.54, 1.807) is 30.1 Å². The number of likely N-dealkylation sites (N-methyl/N-ethyl adjacent to an activating group) is 1. The van der Waals surface area contributed by atoms with Crippen molar-refractivity contribution in [3.05, 3.63) is 98.9 Å². The molecule has 4 rings (SSSR count). The lowest BCUT2D eigenvalue weighted by Crippen LogP contribution is -2.31. The second kappa shape index (κ2) is 9.63. The van der Waals surface area contributed by atoms with Gasteiger partial charge in [-0.3, -0.25) is 9.59 Å². The lowest BCUT2D eigenvalue weighted by atomic mass is 10.1. The first kappa shape index (κ1) is 22.2. The maximum atomic E-state index is 12.9. The molecule has 162 valence electrons. The molecule has 0 fully saturated rings. The van der Waals surface area contributed by atoms with Gasteiger partial charge in [0.05, 0.1) is 10.6 Å². The molecule has 1 aliphatic heterocycles. The topological polar surface area (TPSA) is 49.4 Å². The molecule has 0 radical (unpaired) electrons. The normalized spacial score (nSPS) is 14.4. The fraction of sp³-hybridized carbons (Fsp3) is 0.154. The lowest BCUT2D eigenvalue weighted by molar-refractivity contribution is -0.114. The Morgan fingerprint density at radius 2 is 1.88 bits per heavy atom. The number of nitrogens with one attached hydrogen (secondary N) is 1.